The Hall–Kier alpha value is -1.28. The van der Waals surface area contributed by atoms with Gasteiger partial charge in [-0.15, -0.1) is 0 Å². The molecule has 0 spiro atoms. The zero-order valence-electron chi connectivity index (χ0n) is 10.3. The smallest absolute Gasteiger partial charge is 0.199 e. The summed E-state index contributed by atoms with van der Waals surface area (Å²) < 4.78 is 10.9. The molecule has 1 unspecified atom stereocenters. The lowest BCUT2D eigenvalue weighted by Gasteiger charge is -2.16. The van der Waals surface area contributed by atoms with Gasteiger partial charge >= 0.3 is 0 Å². The van der Waals surface area contributed by atoms with Gasteiger partial charge in [0, 0.05) is 13.5 Å². The zero-order valence-corrected chi connectivity index (χ0v) is 10.3. The molecular formula is C14H20O2. The molecular weight excluding hydrogens is 200 g/mol. The Morgan fingerprint density at radius 2 is 1.94 bits per heavy atom. The molecule has 0 amide bonds. The van der Waals surface area contributed by atoms with E-state index in [1.807, 2.05) is 31.2 Å². The van der Waals surface area contributed by atoms with Crippen molar-refractivity contribution >= 4 is 5.57 Å². The summed E-state index contributed by atoms with van der Waals surface area (Å²) in [6, 6.07) is 7.92. The monoisotopic (exact) mass is 220 g/mol. The summed E-state index contributed by atoms with van der Waals surface area (Å²) in [5.74, 6) is 0.838. The van der Waals surface area contributed by atoms with Gasteiger partial charge in [-0.05, 0) is 24.6 Å². The molecule has 0 N–H and O–H groups in total. The standard InChI is InChI=1S/C14H20O2/c1-5-6-14(15-4)16-13-9-7-12(8-10-13)11(2)3/h7-10,14H,2,5-6H2,1,3-4H3. The Bertz CT molecular complexity index is 327. The third-order valence-corrected chi connectivity index (χ3v) is 2.40. The van der Waals surface area contributed by atoms with Crippen LogP contribution in [0.4, 0.5) is 0 Å². The number of rotatable bonds is 6. The van der Waals surface area contributed by atoms with Crippen LogP contribution >= 0.6 is 0 Å². The minimum Gasteiger partial charge on any atom is -0.465 e. The maximum atomic E-state index is 5.69. The van der Waals surface area contributed by atoms with E-state index in [4.69, 9.17) is 9.47 Å². The molecule has 1 aromatic carbocycles. The van der Waals surface area contributed by atoms with Crippen molar-refractivity contribution in [1.82, 2.24) is 0 Å². The quantitative estimate of drug-likeness (QED) is 0.677. The second kappa shape index (κ2) is 6.33. The van der Waals surface area contributed by atoms with E-state index in [1.54, 1.807) is 7.11 Å². The van der Waals surface area contributed by atoms with Gasteiger partial charge in [-0.1, -0.05) is 37.6 Å². The molecule has 0 bridgehead atoms. The molecule has 0 aliphatic rings. The van der Waals surface area contributed by atoms with Crippen LogP contribution in [0.25, 0.3) is 5.57 Å². The van der Waals surface area contributed by atoms with Crippen molar-refractivity contribution in [3.8, 4) is 5.75 Å². The maximum absolute atomic E-state index is 5.69. The minimum absolute atomic E-state index is 0.152. The molecule has 1 rings (SSSR count). The summed E-state index contributed by atoms with van der Waals surface area (Å²) in [6.07, 6.45) is 1.79. The van der Waals surface area contributed by atoms with Gasteiger partial charge in [-0.3, -0.25) is 0 Å². The van der Waals surface area contributed by atoms with Crippen LogP contribution < -0.4 is 4.74 Å². The fourth-order valence-electron chi connectivity index (χ4n) is 1.43. The minimum atomic E-state index is -0.152. The Labute approximate surface area is 97.9 Å². The van der Waals surface area contributed by atoms with Gasteiger partial charge < -0.3 is 9.47 Å². The van der Waals surface area contributed by atoms with Gasteiger partial charge in [-0.2, -0.15) is 0 Å². The second-order valence-electron chi connectivity index (χ2n) is 3.88. The van der Waals surface area contributed by atoms with Crippen molar-refractivity contribution in [2.45, 2.75) is 33.0 Å². The van der Waals surface area contributed by atoms with E-state index in [0.29, 0.717) is 0 Å². The van der Waals surface area contributed by atoms with Gasteiger partial charge in [0.15, 0.2) is 6.29 Å². The average molecular weight is 220 g/mol. The number of methoxy groups -OCH3 is 1. The summed E-state index contributed by atoms with van der Waals surface area (Å²) in [5.41, 5.74) is 2.19. The lowest BCUT2D eigenvalue weighted by atomic mass is 10.1. The van der Waals surface area contributed by atoms with Crippen molar-refractivity contribution < 1.29 is 9.47 Å². The Morgan fingerprint density at radius 1 is 1.31 bits per heavy atom. The first kappa shape index (κ1) is 12.8. The molecule has 0 saturated heterocycles. The van der Waals surface area contributed by atoms with Crippen molar-refractivity contribution in [3.05, 3.63) is 36.4 Å². The summed E-state index contributed by atoms with van der Waals surface area (Å²) in [6.45, 7) is 8.00. The molecule has 0 fully saturated rings. The Kier molecular flexibility index (Phi) is 5.06. The first-order chi connectivity index (χ1) is 7.67. The first-order valence-corrected chi connectivity index (χ1v) is 5.62. The molecule has 0 saturated carbocycles. The van der Waals surface area contributed by atoms with Crippen molar-refractivity contribution in [1.29, 1.82) is 0 Å². The number of ether oxygens (including phenoxy) is 2. The number of hydrogen-bond acceptors (Lipinski definition) is 2. The summed E-state index contributed by atoms with van der Waals surface area (Å²) >= 11 is 0. The lowest BCUT2D eigenvalue weighted by Crippen LogP contribution is -2.18. The van der Waals surface area contributed by atoms with E-state index in [1.165, 1.54) is 0 Å². The topological polar surface area (TPSA) is 18.5 Å². The predicted octanol–water partition coefficient (Wildman–Crippen LogP) is 3.87. The highest BCUT2D eigenvalue weighted by Gasteiger charge is 2.07. The lowest BCUT2D eigenvalue weighted by molar-refractivity contribution is -0.0583. The Morgan fingerprint density at radius 3 is 2.38 bits per heavy atom. The molecule has 0 aliphatic heterocycles. The average Bonchev–Trinajstić information content (AvgIpc) is 2.29. The molecule has 0 radical (unpaired) electrons. The SMILES string of the molecule is C=C(C)c1ccc(OC(CCC)OC)cc1. The van der Waals surface area contributed by atoms with Gasteiger partial charge in [0.1, 0.15) is 5.75 Å². The highest BCUT2D eigenvalue weighted by Crippen LogP contribution is 2.19. The summed E-state index contributed by atoms with van der Waals surface area (Å²) in [7, 11) is 1.67. The van der Waals surface area contributed by atoms with Crippen LogP contribution in [0, 0.1) is 0 Å². The van der Waals surface area contributed by atoms with E-state index < -0.39 is 0 Å². The van der Waals surface area contributed by atoms with E-state index in [9.17, 15) is 0 Å². The van der Waals surface area contributed by atoms with Gasteiger partial charge in [0.2, 0.25) is 0 Å². The predicted molar refractivity (Wildman–Crippen MR) is 67.5 cm³/mol. The molecule has 0 heterocycles. The largest absolute Gasteiger partial charge is 0.465 e. The molecule has 1 aromatic rings. The van der Waals surface area contributed by atoms with E-state index in [0.717, 1.165) is 29.7 Å². The van der Waals surface area contributed by atoms with Gasteiger partial charge in [0.25, 0.3) is 0 Å². The van der Waals surface area contributed by atoms with Crippen LogP contribution in [0.1, 0.15) is 32.3 Å². The highest BCUT2D eigenvalue weighted by molar-refractivity contribution is 5.61. The normalized spacial score (nSPS) is 12.2. The third-order valence-electron chi connectivity index (χ3n) is 2.40. The molecule has 0 aliphatic carbocycles. The van der Waals surface area contributed by atoms with Gasteiger partial charge in [0.05, 0.1) is 0 Å². The molecule has 2 nitrogen and oxygen atoms in total. The van der Waals surface area contributed by atoms with E-state index in [-0.39, 0.29) is 6.29 Å². The van der Waals surface area contributed by atoms with E-state index in [2.05, 4.69) is 13.5 Å². The first-order valence-electron chi connectivity index (χ1n) is 5.62. The molecule has 16 heavy (non-hydrogen) atoms. The highest BCUT2D eigenvalue weighted by atomic mass is 16.7. The van der Waals surface area contributed by atoms with Crippen molar-refractivity contribution in [2.24, 2.45) is 0 Å². The molecule has 2 heteroatoms. The van der Waals surface area contributed by atoms with Crippen molar-refractivity contribution in [3.63, 3.8) is 0 Å². The molecule has 1 atom stereocenters. The van der Waals surface area contributed by atoms with Crippen LogP contribution in [0.3, 0.4) is 0 Å². The summed E-state index contributed by atoms with van der Waals surface area (Å²) in [4.78, 5) is 0. The number of hydrogen-bond donors (Lipinski definition) is 0. The van der Waals surface area contributed by atoms with Crippen LogP contribution in [-0.2, 0) is 4.74 Å². The fraction of sp³-hybridized carbons (Fsp3) is 0.429. The summed E-state index contributed by atoms with van der Waals surface area (Å²) in [5, 5.41) is 0. The molecule has 88 valence electrons. The Balaban J connectivity index is 2.63. The fourth-order valence-corrected chi connectivity index (χ4v) is 1.43. The third kappa shape index (κ3) is 3.70. The second-order valence-corrected chi connectivity index (χ2v) is 3.88. The van der Waals surface area contributed by atoms with Crippen LogP contribution in [0.15, 0.2) is 30.8 Å². The van der Waals surface area contributed by atoms with Crippen LogP contribution in [-0.4, -0.2) is 13.4 Å². The number of benzene rings is 1. The van der Waals surface area contributed by atoms with Crippen LogP contribution in [0.5, 0.6) is 5.75 Å². The number of allylic oxidation sites excluding steroid dienone is 1. The zero-order chi connectivity index (χ0) is 12.0. The van der Waals surface area contributed by atoms with Gasteiger partial charge in [-0.25, -0.2) is 0 Å². The van der Waals surface area contributed by atoms with E-state index >= 15 is 0 Å². The van der Waals surface area contributed by atoms with Crippen molar-refractivity contribution in [2.75, 3.05) is 7.11 Å². The maximum Gasteiger partial charge on any atom is 0.199 e. The van der Waals surface area contributed by atoms with Crippen LogP contribution in [0.2, 0.25) is 0 Å². The molecule has 0 aromatic heterocycles.